The fourth-order valence-corrected chi connectivity index (χ4v) is 5.43. The summed E-state index contributed by atoms with van der Waals surface area (Å²) in [6.45, 7) is 5.16. The van der Waals surface area contributed by atoms with Crippen LogP contribution in [0.1, 0.15) is 72.2 Å². The molecule has 9 heteroatoms. The van der Waals surface area contributed by atoms with Crippen molar-refractivity contribution in [3.8, 4) is 11.5 Å². The second-order valence-corrected chi connectivity index (χ2v) is 10.3. The fourth-order valence-electron chi connectivity index (χ4n) is 5.43. The summed E-state index contributed by atoms with van der Waals surface area (Å²) in [6, 6.07) is 11.9. The molecule has 2 atom stereocenters. The highest BCUT2D eigenvalue weighted by Crippen LogP contribution is 2.31. The Bertz CT molecular complexity index is 1260. The summed E-state index contributed by atoms with van der Waals surface area (Å²) in [5.74, 6) is 0.185. The number of piperidine rings is 2. The molecule has 0 aliphatic carbocycles. The third kappa shape index (κ3) is 5.23. The molecule has 5 rings (SSSR count). The van der Waals surface area contributed by atoms with Crippen molar-refractivity contribution in [1.82, 2.24) is 15.1 Å². The van der Waals surface area contributed by atoms with E-state index >= 15 is 0 Å². The second kappa shape index (κ2) is 10.8. The van der Waals surface area contributed by atoms with Crippen molar-refractivity contribution in [2.24, 2.45) is 0 Å². The van der Waals surface area contributed by atoms with Crippen LogP contribution in [0.3, 0.4) is 0 Å². The number of nitrogens with zero attached hydrogens (tertiary/aromatic N) is 2. The second-order valence-electron chi connectivity index (χ2n) is 10.3. The number of fused-ring (bicyclic) bond motifs is 1. The maximum absolute atomic E-state index is 13.5. The molecule has 2 fully saturated rings. The largest absolute Gasteiger partial charge is 0.491 e. The van der Waals surface area contributed by atoms with E-state index < -0.39 is 11.9 Å². The van der Waals surface area contributed by atoms with E-state index in [1.807, 2.05) is 43.0 Å². The molecule has 1 N–H and O–H groups in total. The number of nitrogens with one attached hydrogen (secondary N) is 1. The monoisotopic (exact) mass is 519 g/mol. The average molecular weight is 520 g/mol. The zero-order valence-electron chi connectivity index (χ0n) is 21.8. The number of likely N-dealkylation sites (tertiary alicyclic amines) is 1. The molecule has 2 saturated heterocycles. The van der Waals surface area contributed by atoms with Gasteiger partial charge in [0.25, 0.3) is 11.8 Å². The highest BCUT2D eigenvalue weighted by atomic mass is 16.5. The van der Waals surface area contributed by atoms with Gasteiger partial charge in [-0.05, 0) is 75.4 Å². The van der Waals surface area contributed by atoms with Crippen molar-refractivity contribution in [3.63, 3.8) is 0 Å². The minimum Gasteiger partial charge on any atom is -0.491 e. The van der Waals surface area contributed by atoms with Crippen molar-refractivity contribution < 1.29 is 28.7 Å². The molecular weight excluding hydrogens is 486 g/mol. The van der Waals surface area contributed by atoms with E-state index in [1.165, 1.54) is 4.90 Å². The number of amides is 4. The number of hydrogen-bond acceptors (Lipinski definition) is 6. The summed E-state index contributed by atoms with van der Waals surface area (Å²) in [5.41, 5.74) is 1.88. The summed E-state index contributed by atoms with van der Waals surface area (Å²) in [7, 11) is 0. The average Bonchev–Trinajstić information content (AvgIpc) is 3.22. The molecule has 9 nitrogen and oxygen atoms in total. The SMILES string of the molecule is CC(C)Oc1ccccc1C(=O)N1CCCC[C@H]1COc1ccc2c(c1)CN(C1CCC(=O)NC1=O)C2=O. The molecular formula is C29H33N3O6. The third-order valence-corrected chi connectivity index (χ3v) is 7.31. The first-order valence-corrected chi connectivity index (χ1v) is 13.3. The Kier molecular flexibility index (Phi) is 7.35. The van der Waals surface area contributed by atoms with Gasteiger partial charge in [0.05, 0.1) is 17.7 Å². The number of ether oxygens (including phenoxy) is 2. The molecule has 2 aromatic carbocycles. The number of imide groups is 1. The zero-order chi connectivity index (χ0) is 26.8. The van der Waals surface area contributed by atoms with Crippen LogP contribution in [0, 0.1) is 0 Å². The van der Waals surface area contributed by atoms with Crippen LogP contribution in [0.5, 0.6) is 11.5 Å². The van der Waals surface area contributed by atoms with Crippen molar-refractivity contribution in [2.45, 2.75) is 70.7 Å². The van der Waals surface area contributed by atoms with E-state index in [1.54, 1.807) is 18.2 Å². The molecule has 0 bridgehead atoms. The Morgan fingerprint density at radius 3 is 2.68 bits per heavy atom. The Morgan fingerprint density at radius 1 is 1.08 bits per heavy atom. The summed E-state index contributed by atoms with van der Waals surface area (Å²) in [5, 5.41) is 2.32. The van der Waals surface area contributed by atoms with E-state index in [0.717, 1.165) is 24.8 Å². The van der Waals surface area contributed by atoms with E-state index in [9.17, 15) is 19.2 Å². The van der Waals surface area contributed by atoms with Gasteiger partial charge in [0.2, 0.25) is 11.8 Å². The van der Waals surface area contributed by atoms with Gasteiger partial charge in [-0.25, -0.2) is 0 Å². The highest BCUT2D eigenvalue weighted by molar-refractivity contribution is 6.05. The van der Waals surface area contributed by atoms with E-state index in [2.05, 4.69) is 5.32 Å². The lowest BCUT2D eigenvalue weighted by Gasteiger charge is -2.36. The summed E-state index contributed by atoms with van der Waals surface area (Å²) < 4.78 is 12.0. The minimum absolute atomic E-state index is 0.0398. The van der Waals surface area contributed by atoms with Gasteiger partial charge >= 0.3 is 0 Å². The van der Waals surface area contributed by atoms with Crippen LogP contribution in [0.15, 0.2) is 42.5 Å². The van der Waals surface area contributed by atoms with Gasteiger partial charge in [-0.1, -0.05) is 12.1 Å². The first-order chi connectivity index (χ1) is 18.3. The predicted octanol–water partition coefficient (Wildman–Crippen LogP) is 3.31. The summed E-state index contributed by atoms with van der Waals surface area (Å²) in [6.07, 6.45) is 3.29. The summed E-state index contributed by atoms with van der Waals surface area (Å²) >= 11 is 0. The van der Waals surface area contributed by atoms with Crippen LogP contribution in [-0.2, 0) is 16.1 Å². The molecule has 3 aliphatic heterocycles. The topological polar surface area (TPSA) is 105 Å². The number of benzene rings is 2. The number of hydrogen-bond donors (Lipinski definition) is 1. The number of carbonyl (C=O) groups is 4. The standard InChI is InChI=1S/C29H33N3O6/c1-18(2)38-25-9-4-3-8-23(25)29(36)31-14-6-5-7-20(31)17-37-21-10-11-22-19(15-21)16-32(28(22)35)24-12-13-26(33)30-27(24)34/h3-4,8-11,15,18,20,24H,5-7,12-14,16-17H2,1-2H3,(H,30,33,34)/t20-,24?/m0/s1. The first-order valence-electron chi connectivity index (χ1n) is 13.3. The van der Waals surface area contributed by atoms with Gasteiger partial charge in [-0.15, -0.1) is 0 Å². The predicted molar refractivity (Wildman–Crippen MR) is 139 cm³/mol. The molecule has 200 valence electrons. The molecule has 3 aliphatic rings. The Hall–Kier alpha value is -3.88. The Morgan fingerprint density at radius 2 is 1.89 bits per heavy atom. The zero-order valence-corrected chi connectivity index (χ0v) is 21.8. The normalized spacial score (nSPS) is 21.4. The van der Waals surface area contributed by atoms with Gasteiger partial charge in [0.15, 0.2) is 0 Å². The molecule has 0 aromatic heterocycles. The van der Waals surface area contributed by atoms with Crippen LogP contribution < -0.4 is 14.8 Å². The Labute approximate surface area is 222 Å². The van der Waals surface area contributed by atoms with Crippen LogP contribution in [0.25, 0.3) is 0 Å². The minimum atomic E-state index is -0.652. The Balaban J connectivity index is 1.26. The lowest BCUT2D eigenvalue weighted by molar-refractivity contribution is -0.136. The molecule has 3 heterocycles. The van der Waals surface area contributed by atoms with Crippen LogP contribution in [-0.4, -0.2) is 64.8 Å². The smallest absolute Gasteiger partial charge is 0.257 e. The quantitative estimate of drug-likeness (QED) is 0.563. The molecule has 38 heavy (non-hydrogen) atoms. The van der Waals surface area contributed by atoms with Gasteiger partial charge in [-0.2, -0.15) is 0 Å². The first kappa shape index (κ1) is 25.8. The van der Waals surface area contributed by atoms with Crippen molar-refractivity contribution in [3.05, 3.63) is 59.2 Å². The third-order valence-electron chi connectivity index (χ3n) is 7.31. The van der Waals surface area contributed by atoms with E-state index in [0.29, 0.717) is 42.2 Å². The van der Waals surface area contributed by atoms with Gasteiger partial charge in [0, 0.05) is 25.1 Å². The van der Waals surface area contributed by atoms with Crippen LogP contribution in [0.4, 0.5) is 0 Å². The molecule has 0 spiro atoms. The molecule has 0 saturated carbocycles. The van der Waals surface area contributed by atoms with E-state index in [4.69, 9.17) is 9.47 Å². The van der Waals surface area contributed by atoms with Gasteiger partial charge < -0.3 is 19.3 Å². The number of rotatable bonds is 7. The fraction of sp³-hybridized carbons (Fsp3) is 0.448. The summed E-state index contributed by atoms with van der Waals surface area (Å²) in [4.78, 5) is 53.7. The lowest BCUT2D eigenvalue weighted by atomic mass is 10.0. The molecule has 2 aromatic rings. The maximum Gasteiger partial charge on any atom is 0.257 e. The number of carbonyl (C=O) groups excluding carboxylic acids is 4. The molecule has 4 amide bonds. The van der Waals surface area contributed by atoms with Crippen molar-refractivity contribution >= 4 is 23.6 Å². The number of para-hydroxylation sites is 1. The molecule has 1 unspecified atom stereocenters. The van der Waals surface area contributed by atoms with Gasteiger partial charge in [-0.3, -0.25) is 24.5 Å². The van der Waals surface area contributed by atoms with Crippen molar-refractivity contribution in [2.75, 3.05) is 13.2 Å². The molecule has 0 radical (unpaired) electrons. The van der Waals surface area contributed by atoms with Crippen LogP contribution >= 0.6 is 0 Å². The van der Waals surface area contributed by atoms with Crippen LogP contribution in [0.2, 0.25) is 0 Å². The lowest BCUT2D eigenvalue weighted by Crippen LogP contribution is -2.52. The maximum atomic E-state index is 13.5. The van der Waals surface area contributed by atoms with E-state index in [-0.39, 0.29) is 42.8 Å². The highest BCUT2D eigenvalue weighted by Gasteiger charge is 2.39. The van der Waals surface area contributed by atoms with Crippen molar-refractivity contribution in [1.29, 1.82) is 0 Å². The van der Waals surface area contributed by atoms with Gasteiger partial charge in [0.1, 0.15) is 24.1 Å².